The molecule has 2 aliphatic heterocycles. The molecular weight excluding hydrogens is 428 g/mol. The minimum atomic E-state index is -1.34. The highest BCUT2D eigenvalue weighted by Gasteiger charge is 2.50. The normalized spacial score (nSPS) is 22.1. The third-order valence-electron chi connectivity index (χ3n) is 3.86. The highest BCUT2D eigenvalue weighted by Crippen LogP contribution is 2.36. The van der Waals surface area contributed by atoms with Gasteiger partial charge in [0.1, 0.15) is 11.4 Å². The molecule has 1 aromatic heterocycles. The van der Waals surface area contributed by atoms with Gasteiger partial charge in [0.25, 0.3) is 11.8 Å². The van der Waals surface area contributed by atoms with Gasteiger partial charge in [-0.3, -0.25) is 9.59 Å². The second kappa shape index (κ2) is 8.04. The second-order valence-corrected chi connectivity index (χ2v) is 7.73. The highest BCUT2D eigenvalue weighted by molar-refractivity contribution is 8.00. The summed E-state index contributed by atoms with van der Waals surface area (Å²) >= 11 is 1.97. The Kier molecular flexibility index (Phi) is 5.69. The molecule has 3 atom stereocenters. The number of oxime groups is 1. The zero-order valence-corrected chi connectivity index (χ0v) is 16.3. The van der Waals surface area contributed by atoms with Gasteiger partial charge in [-0.1, -0.05) is 5.16 Å². The standard InChI is InChI=1S/C14H14N6O7S2/c1-4(12(23)24)27-18-6(8-17-14(15)29-19-8)9(21)16-7-10(22)20-2-5(13(25)26)3-28-11(7)20/h2,4,7,11H,3H2,1H3,(H,16,21)(H,23,24)(H,25,26)(H2,15,17,19)/t4?,7?,11-/m1/s1. The van der Waals surface area contributed by atoms with Crippen LogP contribution in [0, 0.1) is 0 Å². The molecule has 0 radical (unpaired) electrons. The average molecular weight is 442 g/mol. The maximum absolute atomic E-state index is 12.7. The third-order valence-corrected chi connectivity index (χ3v) is 5.73. The molecule has 0 aromatic carbocycles. The van der Waals surface area contributed by atoms with Gasteiger partial charge < -0.3 is 31.0 Å². The number of fused-ring (bicyclic) bond motifs is 1. The summed E-state index contributed by atoms with van der Waals surface area (Å²) in [6.07, 6.45) is -0.104. The molecule has 5 N–H and O–H groups in total. The number of hydrogen-bond donors (Lipinski definition) is 4. The number of nitrogen functional groups attached to an aromatic ring is 1. The van der Waals surface area contributed by atoms with E-state index in [0.717, 1.165) is 11.5 Å². The van der Waals surface area contributed by atoms with Crippen LogP contribution in [0.25, 0.3) is 0 Å². The largest absolute Gasteiger partial charge is 0.478 e. The molecule has 2 unspecified atom stereocenters. The van der Waals surface area contributed by atoms with Crippen molar-refractivity contribution in [1.82, 2.24) is 19.6 Å². The summed E-state index contributed by atoms with van der Waals surface area (Å²) in [6, 6.07) is -0.933. The minimum Gasteiger partial charge on any atom is -0.478 e. The maximum Gasteiger partial charge on any atom is 0.347 e. The first kappa shape index (κ1) is 20.5. The number of nitrogens with two attached hydrogens (primary N) is 1. The first-order chi connectivity index (χ1) is 13.7. The van der Waals surface area contributed by atoms with Gasteiger partial charge in [-0.05, 0) is 6.92 Å². The van der Waals surface area contributed by atoms with E-state index in [1.807, 2.05) is 0 Å². The van der Waals surface area contributed by atoms with E-state index in [2.05, 4.69) is 19.8 Å². The number of nitrogens with zero attached hydrogens (tertiary/aromatic N) is 4. The zero-order valence-electron chi connectivity index (χ0n) is 14.6. The Balaban J connectivity index is 1.76. The summed E-state index contributed by atoms with van der Waals surface area (Å²) in [5.74, 6) is -3.81. The first-order valence-electron chi connectivity index (χ1n) is 7.94. The van der Waals surface area contributed by atoms with Crippen LogP contribution in [0.5, 0.6) is 0 Å². The van der Waals surface area contributed by atoms with Crippen LogP contribution in [0.2, 0.25) is 0 Å². The Morgan fingerprint density at radius 1 is 1.45 bits per heavy atom. The van der Waals surface area contributed by atoms with Gasteiger partial charge in [-0.2, -0.15) is 9.36 Å². The molecule has 0 aliphatic carbocycles. The van der Waals surface area contributed by atoms with Crippen molar-refractivity contribution in [2.24, 2.45) is 5.16 Å². The SMILES string of the molecule is CC(ON=C(C(=O)NC1C(=O)N2C=C(C(=O)O)CS[C@H]12)c1nsc(N)n1)C(=O)O. The topological polar surface area (TPSA) is 197 Å². The zero-order chi connectivity index (χ0) is 21.3. The lowest BCUT2D eigenvalue weighted by atomic mass is 10.1. The number of carbonyl (C=O) groups is 4. The monoisotopic (exact) mass is 442 g/mol. The highest BCUT2D eigenvalue weighted by atomic mass is 32.2. The number of rotatable bonds is 7. The average Bonchev–Trinajstić information content (AvgIpc) is 3.11. The van der Waals surface area contributed by atoms with E-state index in [9.17, 15) is 19.2 Å². The molecule has 154 valence electrons. The van der Waals surface area contributed by atoms with Crippen molar-refractivity contribution in [1.29, 1.82) is 0 Å². The molecule has 3 rings (SSSR count). The predicted molar refractivity (Wildman–Crippen MR) is 99.8 cm³/mol. The quantitative estimate of drug-likeness (QED) is 0.222. The maximum atomic E-state index is 12.7. The number of aliphatic carboxylic acids is 2. The molecule has 13 nitrogen and oxygen atoms in total. The Bertz CT molecular complexity index is 945. The number of nitrogens with one attached hydrogen (secondary N) is 1. The smallest absolute Gasteiger partial charge is 0.347 e. The Morgan fingerprint density at radius 3 is 2.76 bits per heavy atom. The lowest BCUT2D eigenvalue weighted by molar-refractivity contribution is -0.149. The van der Waals surface area contributed by atoms with Gasteiger partial charge in [-0.25, -0.2) is 9.59 Å². The fourth-order valence-electron chi connectivity index (χ4n) is 2.33. The molecule has 15 heteroatoms. The number of anilines is 1. The molecule has 0 saturated carbocycles. The fraction of sp³-hybridized carbons (Fsp3) is 0.357. The minimum absolute atomic E-state index is 0.0480. The van der Waals surface area contributed by atoms with Crippen LogP contribution in [0.1, 0.15) is 12.7 Å². The third kappa shape index (κ3) is 4.14. The molecule has 2 aliphatic rings. The number of carbonyl (C=O) groups excluding carboxylic acids is 2. The summed E-state index contributed by atoms with van der Waals surface area (Å²) in [6.45, 7) is 1.21. The van der Waals surface area contributed by atoms with Crippen molar-refractivity contribution in [2.45, 2.75) is 24.4 Å². The van der Waals surface area contributed by atoms with Crippen LogP contribution in [0.3, 0.4) is 0 Å². The number of β-lactam (4-membered cyclic amide) rings is 1. The van der Waals surface area contributed by atoms with E-state index in [0.29, 0.717) is 0 Å². The number of amides is 2. The van der Waals surface area contributed by atoms with Crippen molar-refractivity contribution in [3.05, 3.63) is 17.6 Å². The number of carboxylic acids is 2. The van der Waals surface area contributed by atoms with Crippen molar-refractivity contribution in [3.63, 3.8) is 0 Å². The van der Waals surface area contributed by atoms with E-state index in [-0.39, 0.29) is 22.3 Å². The predicted octanol–water partition coefficient (Wildman–Crippen LogP) is -1.32. The van der Waals surface area contributed by atoms with E-state index in [4.69, 9.17) is 20.8 Å². The van der Waals surface area contributed by atoms with Gasteiger partial charge in [0.05, 0.1) is 5.57 Å². The van der Waals surface area contributed by atoms with Gasteiger partial charge in [0.2, 0.25) is 17.6 Å². The van der Waals surface area contributed by atoms with Crippen molar-refractivity contribution >= 4 is 57.9 Å². The summed E-state index contributed by atoms with van der Waals surface area (Å²) in [7, 11) is 0. The molecule has 2 amide bonds. The summed E-state index contributed by atoms with van der Waals surface area (Å²) in [4.78, 5) is 56.7. The van der Waals surface area contributed by atoms with Gasteiger partial charge in [0.15, 0.2) is 5.13 Å². The molecule has 0 spiro atoms. The van der Waals surface area contributed by atoms with Gasteiger partial charge in [-0.15, -0.1) is 11.8 Å². The second-order valence-electron chi connectivity index (χ2n) is 5.84. The summed E-state index contributed by atoms with van der Waals surface area (Å²) < 4.78 is 3.85. The lowest BCUT2D eigenvalue weighted by Gasteiger charge is -2.46. The van der Waals surface area contributed by atoms with Crippen molar-refractivity contribution < 1.29 is 34.2 Å². The van der Waals surface area contributed by atoms with Crippen LogP contribution < -0.4 is 11.1 Å². The number of hydrogen-bond acceptors (Lipinski definition) is 11. The summed E-state index contributed by atoms with van der Waals surface area (Å²) in [5, 5.41) is 23.5. The number of thioether (sulfide) groups is 1. The number of carboxylic acid groups (broad SMARTS) is 2. The van der Waals surface area contributed by atoms with E-state index < -0.39 is 47.0 Å². The van der Waals surface area contributed by atoms with Crippen LogP contribution in [-0.2, 0) is 24.0 Å². The van der Waals surface area contributed by atoms with Crippen molar-refractivity contribution in [2.75, 3.05) is 11.5 Å². The molecule has 1 aromatic rings. The molecule has 29 heavy (non-hydrogen) atoms. The Morgan fingerprint density at radius 2 is 2.17 bits per heavy atom. The molecule has 1 saturated heterocycles. The van der Waals surface area contributed by atoms with Crippen LogP contribution >= 0.6 is 23.3 Å². The van der Waals surface area contributed by atoms with Crippen molar-refractivity contribution in [3.8, 4) is 0 Å². The van der Waals surface area contributed by atoms with E-state index >= 15 is 0 Å². The van der Waals surface area contributed by atoms with Crippen LogP contribution in [0.4, 0.5) is 5.13 Å². The summed E-state index contributed by atoms with van der Waals surface area (Å²) in [5.41, 5.74) is 5.14. The van der Waals surface area contributed by atoms with E-state index in [1.54, 1.807) is 0 Å². The van der Waals surface area contributed by atoms with E-state index in [1.165, 1.54) is 29.8 Å². The van der Waals surface area contributed by atoms with Gasteiger partial charge >= 0.3 is 11.9 Å². The molecule has 3 heterocycles. The molecular formula is C14H14N6O7S2. The first-order valence-corrected chi connectivity index (χ1v) is 9.76. The molecule has 0 bridgehead atoms. The van der Waals surface area contributed by atoms with Crippen LogP contribution in [-0.4, -0.2) is 77.2 Å². The Labute approximate surface area is 170 Å². The fourth-order valence-corrected chi connectivity index (χ4v) is 4.02. The van der Waals surface area contributed by atoms with Gasteiger partial charge in [0, 0.05) is 23.5 Å². The lowest BCUT2D eigenvalue weighted by Crippen LogP contribution is -2.69. The Hall–Kier alpha value is -3.20. The number of aromatic nitrogens is 2. The molecule has 1 fully saturated rings. The van der Waals surface area contributed by atoms with Crippen LogP contribution in [0.15, 0.2) is 16.9 Å².